The summed E-state index contributed by atoms with van der Waals surface area (Å²) < 4.78 is 46.3. The molecule has 0 saturated carbocycles. The number of ether oxygens (including phenoxy) is 1. The Kier molecular flexibility index (Phi) is 5.86. The lowest BCUT2D eigenvalue weighted by molar-refractivity contribution is -0.136. The van der Waals surface area contributed by atoms with E-state index in [2.05, 4.69) is 5.32 Å². The lowest BCUT2D eigenvalue weighted by Crippen LogP contribution is -2.36. The van der Waals surface area contributed by atoms with Gasteiger partial charge in [0.1, 0.15) is 0 Å². The minimum absolute atomic E-state index is 0.0207. The Labute approximate surface area is 177 Å². The van der Waals surface area contributed by atoms with Crippen molar-refractivity contribution < 1.29 is 27.5 Å². The molecule has 0 bridgehead atoms. The summed E-state index contributed by atoms with van der Waals surface area (Å²) in [4.78, 5) is 27.9. The van der Waals surface area contributed by atoms with E-state index in [1.165, 1.54) is 18.2 Å². The quantitative estimate of drug-likeness (QED) is 0.794. The van der Waals surface area contributed by atoms with Crippen LogP contribution in [0.3, 0.4) is 0 Å². The molecule has 2 saturated heterocycles. The van der Waals surface area contributed by atoms with E-state index in [4.69, 9.17) is 4.74 Å². The Hall–Kier alpha value is -3.07. The number of nitrogens with one attached hydrogen (secondary N) is 1. The van der Waals surface area contributed by atoms with Crippen molar-refractivity contribution in [3.8, 4) is 0 Å². The van der Waals surface area contributed by atoms with Gasteiger partial charge in [0, 0.05) is 43.0 Å². The lowest BCUT2D eigenvalue weighted by Gasteiger charge is -2.29. The average molecular weight is 433 g/mol. The number of nitrogens with zero attached hydrogens (tertiary/aromatic N) is 2. The molecule has 0 unspecified atom stereocenters. The zero-order valence-corrected chi connectivity index (χ0v) is 16.7. The standard InChI is InChI=1S/C22H22F3N3O3/c23-22(24,25)18-14-17(27-10-12-31-13-11-27)7-8-19(18)26-21(30)15-3-5-16(6-4-15)28-9-1-2-20(28)29/h3-8,14H,1-2,9-13H2,(H,26,30). The number of alkyl halides is 3. The number of benzene rings is 2. The molecule has 0 radical (unpaired) electrons. The second-order valence-electron chi connectivity index (χ2n) is 7.48. The molecule has 2 amide bonds. The number of amides is 2. The van der Waals surface area contributed by atoms with Gasteiger partial charge in [-0.15, -0.1) is 0 Å². The van der Waals surface area contributed by atoms with Gasteiger partial charge in [-0.1, -0.05) is 0 Å². The lowest BCUT2D eigenvalue weighted by atomic mass is 10.1. The predicted octanol–water partition coefficient (Wildman–Crippen LogP) is 3.92. The molecule has 2 aliphatic heterocycles. The third-order valence-electron chi connectivity index (χ3n) is 5.45. The van der Waals surface area contributed by atoms with E-state index < -0.39 is 17.6 Å². The molecule has 2 aromatic rings. The summed E-state index contributed by atoms with van der Waals surface area (Å²) in [5.74, 6) is -0.628. The van der Waals surface area contributed by atoms with Gasteiger partial charge < -0.3 is 19.9 Å². The van der Waals surface area contributed by atoms with Gasteiger partial charge in [0.05, 0.1) is 24.5 Å². The third kappa shape index (κ3) is 4.66. The van der Waals surface area contributed by atoms with Crippen LogP contribution in [0.5, 0.6) is 0 Å². The smallest absolute Gasteiger partial charge is 0.378 e. The van der Waals surface area contributed by atoms with E-state index in [-0.39, 0.29) is 17.2 Å². The minimum atomic E-state index is -4.62. The molecule has 2 heterocycles. The second-order valence-corrected chi connectivity index (χ2v) is 7.48. The summed E-state index contributed by atoms with van der Waals surface area (Å²) in [5.41, 5.74) is 0.122. The summed E-state index contributed by atoms with van der Waals surface area (Å²) in [6, 6.07) is 10.2. The van der Waals surface area contributed by atoms with Gasteiger partial charge in [0.2, 0.25) is 5.91 Å². The van der Waals surface area contributed by atoms with Crippen molar-refractivity contribution in [1.29, 1.82) is 0 Å². The number of hydrogen-bond acceptors (Lipinski definition) is 4. The topological polar surface area (TPSA) is 61.9 Å². The molecule has 0 spiro atoms. The van der Waals surface area contributed by atoms with E-state index in [0.717, 1.165) is 12.5 Å². The first kappa shape index (κ1) is 21.2. The van der Waals surface area contributed by atoms with E-state index in [1.54, 1.807) is 23.1 Å². The molecule has 9 heteroatoms. The van der Waals surface area contributed by atoms with E-state index in [1.807, 2.05) is 4.90 Å². The zero-order valence-electron chi connectivity index (χ0n) is 16.7. The van der Waals surface area contributed by atoms with E-state index in [9.17, 15) is 22.8 Å². The van der Waals surface area contributed by atoms with Gasteiger partial charge in [-0.25, -0.2) is 0 Å². The molecular formula is C22H22F3N3O3. The Morgan fingerprint density at radius 2 is 1.65 bits per heavy atom. The highest BCUT2D eigenvalue weighted by Gasteiger charge is 2.35. The molecular weight excluding hydrogens is 411 g/mol. The third-order valence-corrected chi connectivity index (χ3v) is 5.45. The van der Waals surface area contributed by atoms with Crippen LogP contribution < -0.4 is 15.1 Å². The van der Waals surface area contributed by atoms with Gasteiger partial charge >= 0.3 is 6.18 Å². The maximum atomic E-state index is 13.7. The Morgan fingerprint density at radius 3 is 2.26 bits per heavy atom. The Morgan fingerprint density at radius 1 is 0.968 bits per heavy atom. The van der Waals surface area contributed by atoms with Crippen LogP contribution in [-0.4, -0.2) is 44.7 Å². The van der Waals surface area contributed by atoms with Gasteiger partial charge in [-0.2, -0.15) is 13.2 Å². The predicted molar refractivity (Wildman–Crippen MR) is 110 cm³/mol. The van der Waals surface area contributed by atoms with Crippen LogP contribution in [0.25, 0.3) is 0 Å². The van der Waals surface area contributed by atoms with Crippen LogP contribution in [0.4, 0.5) is 30.2 Å². The molecule has 2 aliphatic rings. The number of hydrogen-bond donors (Lipinski definition) is 1. The van der Waals surface area contributed by atoms with Crippen molar-refractivity contribution in [1.82, 2.24) is 0 Å². The number of anilines is 3. The summed E-state index contributed by atoms with van der Waals surface area (Å²) in [5, 5.41) is 2.38. The van der Waals surface area contributed by atoms with Crippen molar-refractivity contribution in [3.05, 3.63) is 53.6 Å². The van der Waals surface area contributed by atoms with Gasteiger partial charge in [-0.05, 0) is 48.9 Å². The fraction of sp³-hybridized carbons (Fsp3) is 0.364. The first-order valence-electron chi connectivity index (χ1n) is 10.1. The van der Waals surface area contributed by atoms with Crippen LogP contribution in [0, 0.1) is 0 Å². The van der Waals surface area contributed by atoms with E-state index in [0.29, 0.717) is 50.6 Å². The maximum Gasteiger partial charge on any atom is 0.418 e. The number of morpholine rings is 1. The first-order valence-corrected chi connectivity index (χ1v) is 10.1. The monoisotopic (exact) mass is 433 g/mol. The molecule has 4 rings (SSSR count). The number of halogens is 3. The highest BCUT2D eigenvalue weighted by molar-refractivity contribution is 6.05. The van der Waals surface area contributed by atoms with Crippen LogP contribution >= 0.6 is 0 Å². The maximum absolute atomic E-state index is 13.7. The minimum Gasteiger partial charge on any atom is -0.378 e. The molecule has 1 N–H and O–H groups in total. The SMILES string of the molecule is O=C(Nc1ccc(N2CCOCC2)cc1C(F)(F)F)c1ccc(N2CCCC2=O)cc1. The van der Waals surface area contributed by atoms with Crippen molar-refractivity contribution in [2.24, 2.45) is 0 Å². The fourth-order valence-corrected chi connectivity index (χ4v) is 3.80. The largest absolute Gasteiger partial charge is 0.418 e. The normalized spacial score (nSPS) is 17.2. The molecule has 31 heavy (non-hydrogen) atoms. The van der Waals surface area contributed by atoms with Crippen LogP contribution in [0.1, 0.15) is 28.8 Å². The number of rotatable bonds is 4. The summed E-state index contributed by atoms with van der Waals surface area (Å²) >= 11 is 0. The number of carbonyl (C=O) groups is 2. The van der Waals surface area contributed by atoms with Crippen LogP contribution in [0.15, 0.2) is 42.5 Å². The fourth-order valence-electron chi connectivity index (χ4n) is 3.80. The molecule has 6 nitrogen and oxygen atoms in total. The van der Waals surface area contributed by atoms with Gasteiger partial charge in [0.25, 0.3) is 5.91 Å². The molecule has 0 aliphatic carbocycles. The molecule has 2 fully saturated rings. The first-order chi connectivity index (χ1) is 14.8. The summed E-state index contributed by atoms with van der Waals surface area (Å²) in [6.07, 6.45) is -3.35. The van der Waals surface area contributed by atoms with E-state index >= 15 is 0 Å². The van der Waals surface area contributed by atoms with Crippen molar-refractivity contribution >= 4 is 28.9 Å². The van der Waals surface area contributed by atoms with Crippen LogP contribution in [0.2, 0.25) is 0 Å². The molecule has 2 aromatic carbocycles. The average Bonchev–Trinajstić information content (AvgIpc) is 3.20. The zero-order chi connectivity index (χ0) is 22.0. The molecule has 0 aromatic heterocycles. The summed E-state index contributed by atoms with van der Waals surface area (Å²) in [7, 11) is 0. The molecule has 0 atom stereocenters. The van der Waals surface area contributed by atoms with Crippen molar-refractivity contribution in [3.63, 3.8) is 0 Å². The highest BCUT2D eigenvalue weighted by atomic mass is 19.4. The number of carbonyl (C=O) groups excluding carboxylic acids is 2. The highest BCUT2D eigenvalue weighted by Crippen LogP contribution is 2.37. The Balaban J connectivity index is 1.53. The van der Waals surface area contributed by atoms with Gasteiger partial charge in [0.15, 0.2) is 0 Å². The second kappa shape index (κ2) is 8.58. The van der Waals surface area contributed by atoms with Crippen LogP contribution in [-0.2, 0) is 15.7 Å². The summed E-state index contributed by atoms with van der Waals surface area (Å²) in [6.45, 7) is 2.55. The molecule has 164 valence electrons. The Bertz CT molecular complexity index is 970. The van der Waals surface area contributed by atoms with Crippen molar-refractivity contribution in [2.45, 2.75) is 19.0 Å². The van der Waals surface area contributed by atoms with Gasteiger partial charge in [-0.3, -0.25) is 9.59 Å². The van der Waals surface area contributed by atoms with Crippen molar-refractivity contribution in [2.75, 3.05) is 48.0 Å².